The average Bonchev–Trinajstić information content (AvgIpc) is 3.81. The predicted octanol–water partition coefficient (Wildman–Crippen LogP) is 14.1. The molecule has 2 aromatic heterocycles. The molecule has 274 valence electrons. The van der Waals surface area contributed by atoms with Crippen molar-refractivity contribution in [2.45, 2.75) is 11.8 Å². The second-order valence-corrected chi connectivity index (χ2v) is 15.3. The number of para-hydroxylation sites is 3. The minimum atomic E-state index is -0.620. The highest BCUT2D eigenvalue weighted by molar-refractivity contribution is 6.13. The van der Waals surface area contributed by atoms with Crippen LogP contribution >= 0.6 is 0 Å². The van der Waals surface area contributed by atoms with Gasteiger partial charge in [-0.05, 0) is 112 Å². The molecule has 11 rings (SSSR count). The maximum absolute atomic E-state index is 4.85. The molecular weight excluding hydrogens is 701 g/mol. The van der Waals surface area contributed by atoms with Crippen molar-refractivity contribution in [1.82, 2.24) is 9.13 Å². The largest absolute Gasteiger partial charge is 0.309 e. The fourth-order valence-corrected chi connectivity index (χ4v) is 9.64. The van der Waals surface area contributed by atoms with Crippen LogP contribution in [0.25, 0.3) is 66.1 Å². The first kappa shape index (κ1) is 33.9. The van der Waals surface area contributed by atoms with Crippen molar-refractivity contribution in [3.63, 3.8) is 0 Å². The van der Waals surface area contributed by atoms with E-state index in [9.17, 15) is 0 Å². The number of aromatic nitrogens is 2. The third kappa shape index (κ3) is 5.19. The van der Waals surface area contributed by atoms with E-state index in [1.165, 1.54) is 77.0 Å². The van der Waals surface area contributed by atoms with Gasteiger partial charge in [0.1, 0.15) is 0 Å². The molecule has 1 aliphatic carbocycles. The van der Waals surface area contributed by atoms with E-state index in [1.807, 2.05) is 0 Å². The van der Waals surface area contributed by atoms with Gasteiger partial charge in [0.15, 0.2) is 0 Å². The third-order valence-corrected chi connectivity index (χ3v) is 12.2. The normalized spacial score (nSPS) is 16.6. The highest BCUT2D eigenvalue weighted by Gasteiger charge is 2.40. The van der Waals surface area contributed by atoms with E-state index in [0.29, 0.717) is 0 Å². The Morgan fingerprint density at radius 2 is 0.931 bits per heavy atom. The van der Waals surface area contributed by atoms with E-state index >= 15 is 0 Å². The Labute approximate surface area is 338 Å². The summed E-state index contributed by atoms with van der Waals surface area (Å²) in [5, 5.41) is 4.92. The molecule has 2 nitrogen and oxygen atoms in total. The van der Waals surface area contributed by atoms with Gasteiger partial charge in [0.25, 0.3) is 0 Å². The highest BCUT2D eigenvalue weighted by Crippen LogP contribution is 2.49. The van der Waals surface area contributed by atoms with Gasteiger partial charge >= 0.3 is 0 Å². The lowest BCUT2D eigenvalue weighted by Crippen LogP contribution is -2.32. The molecule has 0 saturated heterocycles. The van der Waals surface area contributed by atoms with Crippen LogP contribution in [-0.4, -0.2) is 9.13 Å². The average molecular weight is 741 g/mol. The highest BCUT2D eigenvalue weighted by atomic mass is 15.0. The van der Waals surface area contributed by atoms with Crippen molar-refractivity contribution in [1.29, 1.82) is 0 Å². The van der Waals surface area contributed by atoms with E-state index in [1.54, 1.807) is 0 Å². The molecule has 0 radical (unpaired) electrons. The van der Waals surface area contributed by atoms with Gasteiger partial charge in [-0.3, -0.25) is 0 Å². The summed E-state index contributed by atoms with van der Waals surface area (Å²) in [6.07, 6.45) is 9.59. The van der Waals surface area contributed by atoms with E-state index in [2.05, 4.69) is 228 Å². The molecule has 1 unspecified atom stereocenters. The molecule has 58 heavy (non-hydrogen) atoms. The summed E-state index contributed by atoms with van der Waals surface area (Å²) < 4.78 is 4.80. The molecule has 2 heterocycles. The van der Waals surface area contributed by atoms with Crippen LogP contribution in [0, 0.1) is 0 Å². The van der Waals surface area contributed by atoms with Crippen molar-refractivity contribution >= 4 is 43.6 Å². The Hall–Kier alpha value is -7.42. The van der Waals surface area contributed by atoms with Crippen LogP contribution in [0.2, 0.25) is 0 Å². The molecule has 10 aromatic rings. The number of fused-ring (bicyclic) bond motifs is 7. The van der Waals surface area contributed by atoms with Gasteiger partial charge in [-0.15, -0.1) is 0 Å². The summed E-state index contributed by atoms with van der Waals surface area (Å²) >= 11 is 0. The van der Waals surface area contributed by atoms with Gasteiger partial charge < -0.3 is 9.13 Å². The summed E-state index contributed by atoms with van der Waals surface area (Å²) in [4.78, 5) is 0. The molecular formula is C56H40N2. The fraction of sp³-hybridized carbons (Fsp3) is 0.0357. The lowest BCUT2D eigenvalue weighted by atomic mass is 9.63. The molecule has 0 amide bonds. The summed E-state index contributed by atoms with van der Waals surface area (Å²) in [7, 11) is 0. The van der Waals surface area contributed by atoms with Crippen molar-refractivity contribution in [3.8, 4) is 22.5 Å². The zero-order chi connectivity index (χ0) is 38.6. The summed E-state index contributed by atoms with van der Waals surface area (Å²) in [5.41, 5.74) is 14.8. The van der Waals surface area contributed by atoms with Crippen molar-refractivity contribution < 1.29 is 0 Å². The molecule has 8 aromatic carbocycles. The first-order chi connectivity index (χ1) is 28.7. The SMILES string of the molecule is C=C1/C=C\C=C/Cc2ccccc2C1(c1ccccc1)c1ccc2c(c1)c1cc(-c3ccc4c(c3)c3ccccc3n4-c3ccccc3)ccc1n2-c1ccccc1. The van der Waals surface area contributed by atoms with Crippen LogP contribution < -0.4 is 0 Å². The Morgan fingerprint density at radius 3 is 1.60 bits per heavy atom. The first-order valence-electron chi connectivity index (χ1n) is 20.1. The maximum atomic E-state index is 4.85. The van der Waals surface area contributed by atoms with E-state index in [4.69, 9.17) is 6.58 Å². The molecule has 2 heteroatoms. The zero-order valence-electron chi connectivity index (χ0n) is 32.1. The smallest absolute Gasteiger partial charge is 0.0698 e. The van der Waals surface area contributed by atoms with Gasteiger partial charge in [-0.2, -0.15) is 0 Å². The Morgan fingerprint density at radius 1 is 0.414 bits per heavy atom. The van der Waals surface area contributed by atoms with E-state index < -0.39 is 5.41 Å². The second kappa shape index (κ2) is 13.7. The lowest BCUT2D eigenvalue weighted by molar-refractivity contribution is 0.738. The number of nitrogens with zero attached hydrogens (tertiary/aromatic N) is 2. The standard InChI is InChI=1S/C56H40N2/c1-39-18-6-2-7-19-40-20-14-16-28-51(40)56(39,43-21-8-3-9-22-43)44-32-35-55-50(38-44)49-37-42(31-34-54(49)58(55)46-25-12-5-13-26-46)41-30-33-53-48(36-41)47-27-15-17-29-52(47)57(53)45-23-10-4-11-24-45/h2-18,20-38H,1,19H2/b7-2-,18-6-. The van der Waals surface area contributed by atoms with Crippen molar-refractivity contribution in [2.75, 3.05) is 0 Å². The van der Waals surface area contributed by atoms with Crippen molar-refractivity contribution in [2.24, 2.45) is 0 Å². The van der Waals surface area contributed by atoms with E-state index in [-0.39, 0.29) is 0 Å². The summed E-state index contributed by atoms with van der Waals surface area (Å²) in [6.45, 7) is 4.85. The van der Waals surface area contributed by atoms with Gasteiger partial charge in [-0.1, -0.05) is 158 Å². The predicted molar refractivity (Wildman–Crippen MR) is 244 cm³/mol. The first-order valence-corrected chi connectivity index (χ1v) is 20.1. The Bertz CT molecular complexity index is 3250. The molecule has 1 aliphatic rings. The Balaban J connectivity index is 1.18. The van der Waals surface area contributed by atoms with E-state index in [0.717, 1.165) is 23.4 Å². The molecule has 0 saturated carbocycles. The van der Waals surface area contributed by atoms with Gasteiger partial charge in [-0.25, -0.2) is 0 Å². The molecule has 0 spiro atoms. The molecule has 0 aliphatic heterocycles. The minimum Gasteiger partial charge on any atom is -0.309 e. The number of allylic oxidation sites excluding steroid dienone is 5. The fourth-order valence-electron chi connectivity index (χ4n) is 9.64. The van der Waals surface area contributed by atoms with Crippen LogP contribution in [0.15, 0.2) is 231 Å². The van der Waals surface area contributed by atoms with Crippen LogP contribution in [0.5, 0.6) is 0 Å². The molecule has 1 atom stereocenters. The zero-order valence-corrected chi connectivity index (χ0v) is 32.1. The number of hydrogen-bond donors (Lipinski definition) is 0. The maximum Gasteiger partial charge on any atom is 0.0698 e. The van der Waals surface area contributed by atoms with Gasteiger partial charge in [0, 0.05) is 32.9 Å². The number of rotatable bonds is 5. The summed E-state index contributed by atoms with van der Waals surface area (Å²) in [5.74, 6) is 0. The topological polar surface area (TPSA) is 9.86 Å². The van der Waals surface area contributed by atoms with Crippen molar-refractivity contribution in [3.05, 3.63) is 253 Å². The van der Waals surface area contributed by atoms with Gasteiger partial charge in [0.05, 0.1) is 27.5 Å². The third-order valence-electron chi connectivity index (χ3n) is 12.2. The number of benzene rings is 8. The molecule has 0 N–H and O–H groups in total. The van der Waals surface area contributed by atoms with Crippen LogP contribution in [0.3, 0.4) is 0 Å². The quantitative estimate of drug-likeness (QED) is 0.166. The lowest BCUT2D eigenvalue weighted by Gasteiger charge is -2.38. The molecule has 0 fully saturated rings. The summed E-state index contributed by atoms with van der Waals surface area (Å²) in [6, 6.07) is 71.1. The monoisotopic (exact) mass is 740 g/mol. The van der Waals surface area contributed by atoms with Gasteiger partial charge in [0.2, 0.25) is 0 Å². The molecule has 0 bridgehead atoms. The number of hydrogen-bond acceptors (Lipinski definition) is 0. The minimum absolute atomic E-state index is 0.620. The van der Waals surface area contributed by atoms with Crippen LogP contribution in [0.1, 0.15) is 22.3 Å². The second-order valence-electron chi connectivity index (χ2n) is 15.3. The Kier molecular flexibility index (Phi) is 7.97. The van der Waals surface area contributed by atoms with Crippen LogP contribution in [-0.2, 0) is 11.8 Å². The van der Waals surface area contributed by atoms with Crippen LogP contribution in [0.4, 0.5) is 0 Å².